The molecule has 1 aromatic rings. The molecule has 0 bridgehead atoms. The molecule has 1 atom stereocenters. The molecule has 4 heteroatoms. The summed E-state index contributed by atoms with van der Waals surface area (Å²) in [6.07, 6.45) is 2.70. The van der Waals surface area contributed by atoms with E-state index in [0.717, 1.165) is 18.4 Å². The minimum atomic E-state index is -0.444. The van der Waals surface area contributed by atoms with Crippen LogP contribution < -0.4 is 5.73 Å². The van der Waals surface area contributed by atoms with Gasteiger partial charge < -0.3 is 15.7 Å². The van der Waals surface area contributed by atoms with Gasteiger partial charge >= 0.3 is 0 Å². The summed E-state index contributed by atoms with van der Waals surface area (Å²) >= 11 is 0. The molecule has 0 aromatic heterocycles. The first kappa shape index (κ1) is 14.5. The van der Waals surface area contributed by atoms with Crippen LogP contribution in [0, 0.1) is 0 Å². The average molecular weight is 250 g/mol. The monoisotopic (exact) mass is 250 g/mol. The SMILES string of the molecule is CCCC[C@H](N)C(=O)N(C)Cc1ccccc1O. The molecule has 0 saturated carbocycles. The second-order valence-corrected chi connectivity index (χ2v) is 4.57. The van der Waals surface area contributed by atoms with Gasteiger partial charge in [0.25, 0.3) is 0 Å². The van der Waals surface area contributed by atoms with Crippen molar-refractivity contribution in [3.63, 3.8) is 0 Å². The largest absolute Gasteiger partial charge is 0.508 e. The third kappa shape index (κ3) is 4.04. The van der Waals surface area contributed by atoms with Gasteiger partial charge in [0.05, 0.1) is 6.04 Å². The molecule has 0 radical (unpaired) electrons. The Hall–Kier alpha value is -1.55. The molecule has 18 heavy (non-hydrogen) atoms. The van der Waals surface area contributed by atoms with Crippen LogP contribution in [0.3, 0.4) is 0 Å². The van der Waals surface area contributed by atoms with Crippen molar-refractivity contribution in [3.05, 3.63) is 29.8 Å². The van der Waals surface area contributed by atoms with Crippen molar-refractivity contribution in [2.24, 2.45) is 5.73 Å². The highest BCUT2D eigenvalue weighted by Crippen LogP contribution is 2.17. The number of carbonyl (C=O) groups is 1. The van der Waals surface area contributed by atoms with Crippen LogP contribution in [-0.2, 0) is 11.3 Å². The van der Waals surface area contributed by atoms with Crippen LogP contribution in [0.1, 0.15) is 31.7 Å². The molecule has 1 aromatic carbocycles. The molecular weight excluding hydrogens is 228 g/mol. The lowest BCUT2D eigenvalue weighted by Crippen LogP contribution is -2.41. The second-order valence-electron chi connectivity index (χ2n) is 4.57. The quantitative estimate of drug-likeness (QED) is 0.810. The van der Waals surface area contributed by atoms with Crippen LogP contribution in [-0.4, -0.2) is 29.0 Å². The number of para-hydroxylation sites is 1. The van der Waals surface area contributed by atoms with Gasteiger partial charge in [-0.15, -0.1) is 0 Å². The number of nitrogens with zero attached hydrogens (tertiary/aromatic N) is 1. The Morgan fingerprint density at radius 1 is 1.44 bits per heavy atom. The third-order valence-corrected chi connectivity index (χ3v) is 2.96. The maximum absolute atomic E-state index is 12.0. The zero-order chi connectivity index (χ0) is 13.5. The Kier molecular flexibility index (Phi) is 5.65. The van der Waals surface area contributed by atoms with Gasteiger partial charge in [0.1, 0.15) is 5.75 Å². The minimum absolute atomic E-state index is 0.0771. The van der Waals surface area contributed by atoms with Gasteiger partial charge in [-0.1, -0.05) is 38.0 Å². The van der Waals surface area contributed by atoms with Crippen molar-refractivity contribution in [1.82, 2.24) is 4.90 Å². The number of hydrogen-bond acceptors (Lipinski definition) is 3. The van der Waals surface area contributed by atoms with Crippen LogP contribution >= 0.6 is 0 Å². The lowest BCUT2D eigenvalue weighted by atomic mass is 10.1. The van der Waals surface area contributed by atoms with Gasteiger partial charge in [-0.05, 0) is 12.5 Å². The maximum atomic E-state index is 12.0. The summed E-state index contributed by atoms with van der Waals surface area (Å²) < 4.78 is 0. The summed E-state index contributed by atoms with van der Waals surface area (Å²) in [5.41, 5.74) is 6.57. The first-order valence-electron chi connectivity index (χ1n) is 6.33. The van der Waals surface area contributed by atoms with Crippen molar-refractivity contribution >= 4 is 5.91 Å². The molecule has 0 heterocycles. The molecule has 0 aliphatic heterocycles. The molecule has 0 aliphatic carbocycles. The number of rotatable bonds is 6. The third-order valence-electron chi connectivity index (χ3n) is 2.96. The van der Waals surface area contributed by atoms with E-state index in [-0.39, 0.29) is 11.7 Å². The Morgan fingerprint density at radius 2 is 2.11 bits per heavy atom. The molecule has 0 aliphatic rings. The molecule has 4 nitrogen and oxygen atoms in total. The van der Waals surface area contributed by atoms with Crippen LogP contribution in [0.4, 0.5) is 0 Å². The fourth-order valence-electron chi connectivity index (χ4n) is 1.81. The minimum Gasteiger partial charge on any atom is -0.508 e. The van der Waals surface area contributed by atoms with Crippen LogP contribution in [0.2, 0.25) is 0 Å². The molecule has 3 N–H and O–H groups in total. The zero-order valence-corrected chi connectivity index (χ0v) is 11.1. The second kappa shape index (κ2) is 7.01. The summed E-state index contributed by atoms with van der Waals surface area (Å²) in [6.45, 7) is 2.45. The van der Waals surface area contributed by atoms with E-state index >= 15 is 0 Å². The Balaban J connectivity index is 2.57. The standard InChI is InChI=1S/C14H22N2O2/c1-3-4-8-12(15)14(18)16(2)10-11-7-5-6-9-13(11)17/h5-7,9,12,17H,3-4,8,10,15H2,1-2H3/t12-/m0/s1. The number of phenolic OH excluding ortho intramolecular Hbond substituents is 1. The van der Waals surface area contributed by atoms with E-state index in [1.54, 1.807) is 30.1 Å². The molecule has 0 fully saturated rings. The summed E-state index contributed by atoms with van der Waals surface area (Å²) in [4.78, 5) is 13.5. The van der Waals surface area contributed by atoms with E-state index in [9.17, 15) is 9.90 Å². The van der Waals surface area contributed by atoms with Crippen molar-refractivity contribution < 1.29 is 9.90 Å². The Labute approximate surface area is 108 Å². The lowest BCUT2D eigenvalue weighted by Gasteiger charge is -2.21. The first-order chi connectivity index (χ1) is 8.56. The smallest absolute Gasteiger partial charge is 0.239 e. The van der Waals surface area contributed by atoms with E-state index < -0.39 is 6.04 Å². The van der Waals surface area contributed by atoms with Crippen molar-refractivity contribution in [2.45, 2.75) is 38.8 Å². The average Bonchev–Trinajstić information content (AvgIpc) is 2.37. The number of aromatic hydroxyl groups is 1. The number of likely N-dealkylation sites (N-methyl/N-ethyl adjacent to an activating group) is 1. The molecule has 0 spiro atoms. The molecule has 0 unspecified atom stereocenters. The van der Waals surface area contributed by atoms with E-state index in [1.807, 2.05) is 6.07 Å². The topological polar surface area (TPSA) is 66.6 Å². The Bertz CT molecular complexity index is 393. The summed E-state index contributed by atoms with van der Waals surface area (Å²) in [7, 11) is 1.71. The van der Waals surface area contributed by atoms with E-state index in [2.05, 4.69) is 6.92 Å². The number of unbranched alkanes of at least 4 members (excludes halogenated alkanes) is 1. The van der Waals surface area contributed by atoms with Gasteiger partial charge in [-0.25, -0.2) is 0 Å². The lowest BCUT2D eigenvalue weighted by molar-refractivity contribution is -0.132. The summed E-state index contributed by atoms with van der Waals surface area (Å²) in [6, 6.07) is 6.57. The fraction of sp³-hybridized carbons (Fsp3) is 0.500. The number of amides is 1. The summed E-state index contributed by atoms with van der Waals surface area (Å²) in [5, 5.41) is 9.65. The first-order valence-corrected chi connectivity index (χ1v) is 6.33. The normalized spacial score (nSPS) is 12.2. The zero-order valence-electron chi connectivity index (χ0n) is 11.1. The maximum Gasteiger partial charge on any atom is 0.239 e. The highest BCUT2D eigenvalue weighted by molar-refractivity contribution is 5.81. The van der Waals surface area contributed by atoms with Gasteiger partial charge in [-0.3, -0.25) is 4.79 Å². The van der Waals surface area contributed by atoms with Crippen molar-refractivity contribution in [1.29, 1.82) is 0 Å². The highest BCUT2D eigenvalue weighted by Gasteiger charge is 2.18. The molecule has 0 saturated heterocycles. The van der Waals surface area contributed by atoms with Gasteiger partial charge in [-0.2, -0.15) is 0 Å². The van der Waals surface area contributed by atoms with E-state index in [4.69, 9.17) is 5.73 Å². The number of hydrogen-bond donors (Lipinski definition) is 2. The predicted octanol–water partition coefficient (Wildman–Crippen LogP) is 1.87. The number of nitrogens with two attached hydrogens (primary N) is 1. The predicted molar refractivity (Wildman–Crippen MR) is 72.1 cm³/mol. The van der Waals surface area contributed by atoms with Gasteiger partial charge in [0.2, 0.25) is 5.91 Å². The van der Waals surface area contributed by atoms with Gasteiger partial charge in [0, 0.05) is 19.2 Å². The number of phenols is 1. The van der Waals surface area contributed by atoms with Crippen molar-refractivity contribution in [3.8, 4) is 5.75 Å². The summed E-state index contributed by atoms with van der Waals surface area (Å²) in [5.74, 6) is 0.131. The van der Waals surface area contributed by atoms with Crippen LogP contribution in [0.5, 0.6) is 5.75 Å². The molecule has 1 rings (SSSR count). The number of carbonyl (C=O) groups excluding carboxylic acids is 1. The highest BCUT2D eigenvalue weighted by atomic mass is 16.3. The van der Waals surface area contributed by atoms with Crippen LogP contribution in [0.25, 0.3) is 0 Å². The Morgan fingerprint density at radius 3 is 2.72 bits per heavy atom. The van der Waals surface area contributed by atoms with E-state index in [1.165, 1.54) is 0 Å². The number of benzene rings is 1. The fourth-order valence-corrected chi connectivity index (χ4v) is 1.81. The molecular formula is C14H22N2O2. The molecule has 1 amide bonds. The van der Waals surface area contributed by atoms with Crippen molar-refractivity contribution in [2.75, 3.05) is 7.05 Å². The molecule has 100 valence electrons. The van der Waals surface area contributed by atoms with Crippen LogP contribution in [0.15, 0.2) is 24.3 Å². The van der Waals surface area contributed by atoms with Gasteiger partial charge in [0.15, 0.2) is 0 Å². The van der Waals surface area contributed by atoms with E-state index in [0.29, 0.717) is 13.0 Å².